The molecule has 0 atom stereocenters. The number of rotatable bonds is 0. The van der Waals surface area contributed by atoms with Crippen molar-refractivity contribution in [3.63, 3.8) is 0 Å². The van der Waals surface area contributed by atoms with Gasteiger partial charge in [0.1, 0.15) is 17.1 Å². The average molecular weight is 264 g/mol. The third-order valence-corrected chi connectivity index (χ3v) is 3.94. The number of aryl methyl sites for hydroxylation is 2. The second-order valence-electron chi connectivity index (χ2n) is 5.51. The van der Waals surface area contributed by atoms with Gasteiger partial charge in [-0.05, 0) is 43.7 Å². The zero-order valence-electron chi connectivity index (χ0n) is 11.7. The van der Waals surface area contributed by atoms with E-state index in [0.29, 0.717) is 6.61 Å². The Labute approximate surface area is 118 Å². The maximum atomic E-state index is 6.11. The Bertz CT molecular complexity index is 812. The first-order chi connectivity index (χ1) is 9.72. The summed E-state index contributed by atoms with van der Waals surface area (Å²) in [6.45, 7) is 4.90. The lowest BCUT2D eigenvalue weighted by Gasteiger charge is -2.07. The molecule has 0 aliphatic carbocycles. The van der Waals surface area contributed by atoms with Crippen LogP contribution >= 0.6 is 0 Å². The molecule has 0 radical (unpaired) electrons. The van der Waals surface area contributed by atoms with E-state index in [1.165, 1.54) is 22.1 Å². The van der Waals surface area contributed by atoms with Gasteiger partial charge in [0.05, 0.1) is 12.2 Å². The van der Waals surface area contributed by atoms with Gasteiger partial charge >= 0.3 is 0 Å². The van der Waals surface area contributed by atoms with Crippen molar-refractivity contribution in [3.05, 3.63) is 53.1 Å². The van der Waals surface area contributed by atoms with E-state index in [4.69, 9.17) is 9.15 Å². The topological polar surface area (TPSA) is 22.4 Å². The van der Waals surface area contributed by atoms with Crippen molar-refractivity contribution in [3.8, 4) is 17.1 Å². The van der Waals surface area contributed by atoms with Gasteiger partial charge in [0, 0.05) is 17.4 Å². The molecule has 1 aliphatic heterocycles. The smallest absolute Gasteiger partial charge is 0.142 e. The first-order valence-corrected chi connectivity index (χ1v) is 6.98. The summed E-state index contributed by atoms with van der Waals surface area (Å²) in [7, 11) is 0. The quantitative estimate of drug-likeness (QED) is 0.589. The molecule has 1 aliphatic rings. The summed E-state index contributed by atoms with van der Waals surface area (Å²) in [4.78, 5) is 0. The summed E-state index contributed by atoms with van der Waals surface area (Å²) in [5.74, 6) is 1.90. The van der Waals surface area contributed by atoms with Crippen LogP contribution in [0.4, 0.5) is 0 Å². The Morgan fingerprint density at radius 1 is 0.950 bits per heavy atom. The standard InChI is InChI=1S/C18H16O2/c1-11-4-6-16-15(9-11)13-7-8-19-17-10-12(2)3-5-14(17)18(13)20-16/h3-6,9-10H,7-8H2,1-2H3. The Morgan fingerprint density at radius 2 is 1.75 bits per heavy atom. The Morgan fingerprint density at radius 3 is 2.65 bits per heavy atom. The van der Waals surface area contributed by atoms with Crippen LogP contribution < -0.4 is 4.74 Å². The zero-order valence-corrected chi connectivity index (χ0v) is 11.7. The highest BCUT2D eigenvalue weighted by atomic mass is 16.5. The second-order valence-corrected chi connectivity index (χ2v) is 5.51. The van der Waals surface area contributed by atoms with Gasteiger partial charge in [-0.15, -0.1) is 0 Å². The maximum absolute atomic E-state index is 6.11. The number of fused-ring (bicyclic) bond motifs is 5. The van der Waals surface area contributed by atoms with E-state index in [1.54, 1.807) is 0 Å². The molecule has 0 unspecified atom stereocenters. The minimum absolute atomic E-state index is 0.700. The molecule has 0 fully saturated rings. The molecular formula is C18H16O2. The lowest BCUT2D eigenvalue weighted by molar-refractivity contribution is 0.326. The number of hydrogen-bond donors (Lipinski definition) is 0. The van der Waals surface area contributed by atoms with E-state index < -0.39 is 0 Å². The van der Waals surface area contributed by atoms with E-state index >= 15 is 0 Å². The first kappa shape index (κ1) is 11.6. The highest BCUT2D eigenvalue weighted by Crippen LogP contribution is 2.41. The molecule has 2 aromatic carbocycles. The molecule has 2 heteroatoms. The van der Waals surface area contributed by atoms with Gasteiger partial charge in [-0.1, -0.05) is 17.7 Å². The Kier molecular flexibility index (Phi) is 2.40. The third kappa shape index (κ3) is 1.64. The van der Waals surface area contributed by atoms with Crippen molar-refractivity contribution in [2.45, 2.75) is 20.3 Å². The molecule has 0 saturated carbocycles. The van der Waals surface area contributed by atoms with Crippen LogP contribution in [0.3, 0.4) is 0 Å². The summed E-state index contributed by atoms with van der Waals surface area (Å²) in [5.41, 5.74) is 5.77. The van der Waals surface area contributed by atoms with Crippen molar-refractivity contribution in [1.29, 1.82) is 0 Å². The molecule has 4 rings (SSSR count). The van der Waals surface area contributed by atoms with Gasteiger partial charge in [-0.25, -0.2) is 0 Å². The van der Waals surface area contributed by atoms with Gasteiger partial charge in [0.25, 0.3) is 0 Å². The molecule has 0 amide bonds. The van der Waals surface area contributed by atoms with Gasteiger partial charge in [0.15, 0.2) is 0 Å². The number of furan rings is 1. The van der Waals surface area contributed by atoms with Crippen LogP contribution in [0.15, 0.2) is 40.8 Å². The Balaban J connectivity index is 2.05. The minimum Gasteiger partial charge on any atom is -0.492 e. The van der Waals surface area contributed by atoms with Crippen LogP contribution in [0.25, 0.3) is 22.3 Å². The van der Waals surface area contributed by atoms with Crippen LogP contribution in [0.5, 0.6) is 5.75 Å². The lowest BCUT2D eigenvalue weighted by Crippen LogP contribution is -1.98. The number of ether oxygens (including phenoxy) is 1. The van der Waals surface area contributed by atoms with Crippen molar-refractivity contribution in [2.24, 2.45) is 0 Å². The van der Waals surface area contributed by atoms with Crippen LogP contribution in [-0.4, -0.2) is 6.61 Å². The molecule has 0 N–H and O–H groups in total. The van der Waals surface area contributed by atoms with Crippen LogP contribution in [0.2, 0.25) is 0 Å². The lowest BCUT2D eigenvalue weighted by atomic mass is 10.0. The van der Waals surface area contributed by atoms with E-state index in [-0.39, 0.29) is 0 Å². The maximum Gasteiger partial charge on any atom is 0.142 e. The van der Waals surface area contributed by atoms with E-state index in [2.05, 4.69) is 50.2 Å². The zero-order chi connectivity index (χ0) is 13.7. The molecule has 0 saturated heterocycles. The van der Waals surface area contributed by atoms with Crippen LogP contribution in [0.1, 0.15) is 16.7 Å². The van der Waals surface area contributed by atoms with Crippen molar-refractivity contribution in [1.82, 2.24) is 0 Å². The monoisotopic (exact) mass is 264 g/mol. The SMILES string of the molecule is Cc1ccc2c(c1)OCCc1c-2oc2ccc(C)cc12. The predicted molar refractivity (Wildman–Crippen MR) is 80.3 cm³/mol. The summed E-state index contributed by atoms with van der Waals surface area (Å²) in [5, 5.41) is 1.22. The third-order valence-electron chi connectivity index (χ3n) is 3.94. The van der Waals surface area contributed by atoms with Crippen LogP contribution in [-0.2, 0) is 6.42 Å². The van der Waals surface area contributed by atoms with Gasteiger partial charge in [0.2, 0.25) is 0 Å². The largest absolute Gasteiger partial charge is 0.492 e. The fourth-order valence-corrected chi connectivity index (χ4v) is 2.93. The molecule has 100 valence electrons. The van der Waals surface area contributed by atoms with Gasteiger partial charge < -0.3 is 9.15 Å². The number of benzene rings is 2. The highest BCUT2D eigenvalue weighted by Gasteiger charge is 2.22. The molecule has 0 spiro atoms. The fraction of sp³-hybridized carbons (Fsp3) is 0.222. The van der Waals surface area contributed by atoms with Crippen LogP contribution in [0, 0.1) is 13.8 Å². The average Bonchev–Trinajstić information content (AvgIpc) is 2.68. The summed E-state index contributed by atoms with van der Waals surface area (Å²) in [6, 6.07) is 12.7. The molecule has 2 heterocycles. The summed E-state index contributed by atoms with van der Waals surface area (Å²) in [6.07, 6.45) is 0.888. The van der Waals surface area contributed by atoms with E-state index in [1.807, 2.05) is 0 Å². The molecule has 2 nitrogen and oxygen atoms in total. The van der Waals surface area contributed by atoms with Gasteiger partial charge in [-0.2, -0.15) is 0 Å². The fourth-order valence-electron chi connectivity index (χ4n) is 2.93. The predicted octanol–water partition coefficient (Wildman–Crippen LogP) is 4.65. The van der Waals surface area contributed by atoms with Gasteiger partial charge in [-0.3, -0.25) is 0 Å². The molecule has 0 bridgehead atoms. The van der Waals surface area contributed by atoms with Crippen molar-refractivity contribution >= 4 is 11.0 Å². The molecule has 1 aromatic heterocycles. The minimum atomic E-state index is 0.700. The first-order valence-electron chi connectivity index (χ1n) is 6.98. The van der Waals surface area contributed by atoms with E-state index in [0.717, 1.165) is 29.1 Å². The Hall–Kier alpha value is -2.22. The second kappa shape index (κ2) is 4.14. The van der Waals surface area contributed by atoms with E-state index in [9.17, 15) is 0 Å². The highest BCUT2D eigenvalue weighted by molar-refractivity contribution is 5.90. The van der Waals surface area contributed by atoms with Crippen molar-refractivity contribution < 1.29 is 9.15 Å². The number of hydrogen-bond acceptors (Lipinski definition) is 2. The molecule has 20 heavy (non-hydrogen) atoms. The molecule has 3 aromatic rings. The normalized spacial score (nSPS) is 13.5. The molecular weight excluding hydrogens is 248 g/mol. The summed E-state index contributed by atoms with van der Waals surface area (Å²) >= 11 is 0. The summed E-state index contributed by atoms with van der Waals surface area (Å²) < 4.78 is 12.0. The van der Waals surface area contributed by atoms with Crippen molar-refractivity contribution in [2.75, 3.05) is 6.61 Å².